The van der Waals surface area contributed by atoms with Crippen molar-refractivity contribution in [1.82, 2.24) is 0 Å². The molecule has 5 nitrogen and oxygen atoms in total. The average Bonchev–Trinajstić information content (AvgIpc) is 2.82. The second-order valence-electron chi connectivity index (χ2n) is 4.37. The molecule has 16 heavy (non-hydrogen) atoms. The number of esters is 2. The molecule has 2 bridgehead atoms. The topological polar surface area (TPSA) is 69.7 Å². The molecule has 4 unspecified atom stereocenters. The highest BCUT2D eigenvalue weighted by Gasteiger charge is 2.58. The van der Waals surface area contributed by atoms with Crippen molar-refractivity contribution in [3.05, 3.63) is 0 Å². The molecule has 2 fully saturated rings. The quantitative estimate of drug-likeness (QED) is 0.628. The number of methoxy groups -OCH3 is 2. The van der Waals surface area contributed by atoms with Crippen LogP contribution in [0.4, 0.5) is 0 Å². The second-order valence-corrected chi connectivity index (χ2v) is 4.37. The molecule has 2 rings (SSSR count). The van der Waals surface area contributed by atoms with Crippen LogP contribution in [0, 0.1) is 23.7 Å². The summed E-state index contributed by atoms with van der Waals surface area (Å²) in [5, 5.41) is 0. The molecule has 0 radical (unpaired) electrons. The van der Waals surface area contributed by atoms with Crippen LogP contribution in [0.5, 0.6) is 0 Å². The molecule has 4 atom stereocenters. The highest BCUT2D eigenvalue weighted by Crippen LogP contribution is 2.51. The summed E-state index contributed by atoms with van der Waals surface area (Å²) in [4.78, 5) is 34.8. The third-order valence-corrected chi connectivity index (χ3v) is 3.71. The first-order valence-electron chi connectivity index (χ1n) is 5.28. The lowest BCUT2D eigenvalue weighted by molar-refractivity contribution is -0.161. The number of carbonyl (C=O) groups excluding carboxylic acids is 3. The number of carbonyl (C=O) groups is 3. The van der Waals surface area contributed by atoms with Gasteiger partial charge in [0, 0.05) is 12.3 Å². The summed E-state index contributed by atoms with van der Waals surface area (Å²) in [5.41, 5.74) is 0. The van der Waals surface area contributed by atoms with Crippen LogP contribution in [-0.2, 0) is 23.9 Å². The molecule has 2 aliphatic rings. The van der Waals surface area contributed by atoms with E-state index >= 15 is 0 Å². The Balaban J connectivity index is 2.27. The van der Waals surface area contributed by atoms with Gasteiger partial charge in [-0.3, -0.25) is 14.4 Å². The zero-order chi connectivity index (χ0) is 11.9. The first kappa shape index (κ1) is 11.1. The number of ether oxygens (including phenoxy) is 2. The van der Waals surface area contributed by atoms with Crippen LogP contribution < -0.4 is 0 Å². The van der Waals surface area contributed by atoms with Crippen molar-refractivity contribution in [2.75, 3.05) is 14.2 Å². The van der Waals surface area contributed by atoms with Gasteiger partial charge in [-0.1, -0.05) is 0 Å². The van der Waals surface area contributed by atoms with Crippen LogP contribution in [0.25, 0.3) is 0 Å². The molecule has 0 aromatic carbocycles. The van der Waals surface area contributed by atoms with Crippen LogP contribution in [0.2, 0.25) is 0 Å². The van der Waals surface area contributed by atoms with E-state index in [0.29, 0.717) is 12.8 Å². The van der Waals surface area contributed by atoms with E-state index in [1.54, 1.807) is 0 Å². The van der Waals surface area contributed by atoms with Gasteiger partial charge in [-0.15, -0.1) is 0 Å². The summed E-state index contributed by atoms with van der Waals surface area (Å²) in [6.07, 6.45) is 0.996. The van der Waals surface area contributed by atoms with Gasteiger partial charge in [-0.05, 0) is 12.3 Å². The van der Waals surface area contributed by atoms with Gasteiger partial charge in [0.25, 0.3) is 0 Å². The molecule has 2 saturated carbocycles. The SMILES string of the molecule is COC(=O)C1C2CC(=O)C(C2)C1C(=O)OC. The lowest BCUT2D eigenvalue weighted by Crippen LogP contribution is -2.39. The van der Waals surface area contributed by atoms with Crippen molar-refractivity contribution in [3.8, 4) is 0 Å². The average molecular weight is 226 g/mol. The van der Waals surface area contributed by atoms with Crippen LogP contribution in [-0.4, -0.2) is 31.9 Å². The Labute approximate surface area is 93.1 Å². The van der Waals surface area contributed by atoms with Crippen molar-refractivity contribution in [1.29, 1.82) is 0 Å². The van der Waals surface area contributed by atoms with Gasteiger partial charge in [0.1, 0.15) is 5.78 Å². The molecule has 0 heterocycles. The standard InChI is InChI=1S/C11H14O5/c1-15-10(13)8-5-3-6(7(12)4-5)9(8)11(14)16-2/h5-6,8-9H,3-4H2,1-2H3. The summed E-state index contributed by atoms with van der Waals surface area (Å²) in [5.74, 6) is -2.34. The Morgan fingerprint density at radius 2 is 1.69 bits per heavy atom. The van der Waals surface area contributed by atoms with Crippen LogP contribution in [0.1, 0.15) is 12.8 Å². The summed E-state index contributed by atoms with van der Waals surface area (Å²) >= 11 is 0. The maximum absolute atomic E-state index is 11.6. The molecule has 2 aliphatic carbocycles. The maximum atomic E-state index is 11.6. The summed E-state index contributed by atoms with van der Waals surface area (Å²) in [6, 6.07) is 0. The first-order chi connectivity index (χ1) is 7.60. The first-order valence-corrected chi connectivity index (χ1v) is 5.28. The molecule has 0 spiro atoms. The Morgan fingerprint density at radius 1 is 1.12 bits per heavy atom. The summed E-state index contributed by atoms with van der Waals surface area (Å²) in [7, 11) is 2.57. The predicted octanol–water partition coefficient (Wildman–Crippen LogP) is 0.174. The van der Waals surface area contributed by atoms with E-state index < -0.39 is 23.8 Å². The third kappa shape index (κ3) is 1.42. The number of Topliss-reactive ketones (excluding diaryl/α,β-unsaturated/α-hetero) is 1. The van der Waals surface area contributed by atoms with E-state index in [1.165, 1.54) is 14.2 Å². The molecular weight excluding hydrogens is 212 g/mol. The Kier molecular flexibility index (Phi) is 2.69. The normalized spacial score (nSPS) is 36.2. The van der Waals surface area contributed by atoms with Crippen LogP contribution in [0.3, 0.4) is 0 Å². The Hall–Kier alpha value is -1.39. The van der Waals surface area contributed by atoms with Gasteiger partial charge >= 0.3 is 11.9 Å². The van der Waals surface area contributed by atoms with Crippen molar-refractivity contribution in [3.63, 3.8) is 0 Å². The van der Waals surface area contributed by atoms with Gasteiger partial charge in [-0.25, -0.2) is 0 Å². The van der Waals surface area contributed by atoms with E-state index in [2.05, 4.69) is 9.47 Å². The minimum absolute atomic E-state index is 0.0472. The molecule has 0 aromatic heterocycles. The highest BCUT2D eigenvalue weighted by molar-refractivity contribution is 5.94. The van der Waals surface area contributed by atoms with Gasteiger partial charge in [-0.2, -0.15) is 0 Å². The Morgan fingerprint density at radius 3 is 2.25 bits per heavy atom. The molecule has 0 aliphatic heterocycles. The zero-order valence-electron chi connectivity index (χ0n) is 9.26. The maximum Gasteiger partial charge on any atom is 0.310 e. The molecule has 5 heteroatoms. The number of hydrogen-bond acceptors (Lipinski definition) is 5. The van der Waals surface area contributed by atoms with E-state index in [9.17, 15) is 14.4 Å². The fourth-order valence-corrected chi connectivity index (χ4v) is 3.04. The highest BCUT2D eigenvalue weighted by atomic mass is 16.5. The van der Waals surface area contributed by atoms with Crippen LogP contribution in [0.15, 0.2) is 0 Å². The number of ketones is 1. The number of hydrogen-bond donors (Lipinski definition) is 0. The van der Waals surface area contributed by atoms with Crippen molar-refractivity contribution < 1.29 is 23.9 Å². The second kappa shape index (κ2) is 3.88. The van der Waals surface area contributed by atoms with Crippen LogP contribution >= 0.6 is 0 Å². The molecule has 0 saturated heterocycles. The fourth-order valence-electron chi connectivity index (χ4n) is 3.04. The van der Waals surface area contributed by atoms with E-state index in [0.717, 1.165) is 0 Å². The molecule has 0 amide bonds. The van der Waals surface area contributed by atoms with E-state index in [4.69, 9.17) is 0 Å². The number of fused-ring (bicyclic) bond motifs is 2. The van der Waals surface area contributed by atoms with Crippen molar-refractivity contribution >= 4 is 17.7 Å². The molecular formula is C11H14O5. The van der Waals surface area contributed by atoms with Crippen molar-refractivity contribution in [2.45, 2.75) is 12.8 Å². The smallest absolute Gasteiger partial charge is 0.310 e. The fraction of sp³-hybridized carbons (Fsp3) is 0.727. The van der Waals surface area contributed by atoms with Gasteiger partial charge in [0.2, 0.25) is 0 Å². The molecule has 0 aromatic rings. The third-order valence-electron chi connectivity index (χ3n) is 3.71. The zero-order valence-corrected chi connectivity index (χ0v) is 9.26. The molecule has 88 valence electrons. The lowest BCUT2D eigenvalue weighted by Gasteiger charge is -2.25. The minimum atomic E-state index is -0.635. The van der Waals surface area contributed by atoms with Crippen molar-refractivity contribution in [2.24, 2.45) is 23.7 Å². The van der Waals surface area contributed by atoms with Gasteiger partial charge < -0.3 is 9.47 Å². The Bertz CT molecular complexity index is 348. The summed E-state index contributed by atoms with van der Waals surface area (Å²) in [6.45, 7) is 0. The summed E-state index contributed by atoms with van der Waals surface area (Å²) < 4.78 is 9.35. The predicted molar refractivity (Wildman–Crippen MR) is 52.2 cm³/mol. The lowest BCUT2D eigenvalue weighted by atomic mass is 9.78. The monoisotopic (exact) mass is 226 g/mol. The largest absolute Gasteiger partial charge is 0.469 e. The van der Waals surface area contributed by atoms with Gasteiger partial charge in [0.15, 0.2) is 0 Å². The minimum Gasteiger partial charge on any atom is -0.469 e. The number of rotatable bonds is 2. The van der Waals surface area contributed by atoms with E-state index in [1.807, 2.05) is 0 Å². The van der Waals surface area contributed by atoms with Gasteiger partial charge in [0.05, 0.1) is 26.1 Å². The van der Waals surface area contributed by atoms with E-state index in [-0.39, 0.29) is 17.6 Å². The molecule has 0 N–H and O–H groups in total.